The maximum atomic E-state index is 13.3. The molecule has 5 rings (SSSR count). The molecule has 1 aliphatic carbocycles. The van der Waals surface area contributed by atoms with Gasteiger partial charge >= 0.3 is 0 Å². The topological polar surface area (TPSA) is 45.2 Å². The highest BCUT2D eigenvalue weighted by molar-refractivity contribution is 6.41. The van der Waals surface area contributed by atoms with Crippen molar-refractivity contribution >= 4 is 45.3 Å². The van der Waals surface area contributed by atoms with Crippen LogP contribution in [0.25, 0.3) is 16.5 Å². The van der Waals surface area contributed by atoms with Gasteiger partial charge in [-0.2, -0.15) is 0 Å². The van der Waals surface area contributed by atoms with Crippen LogP contribution in [0.15, 0.2) is 90.1 Å². The van der Waals surface area contributed by atoms with E-state index in [1.165, 1.54) is 0 Å². The van der Waals surface area contributed by atoms with Crippen LogP contribution >= 0.6 is 11.6 Å². The normalized spacial score (nSPS) is 15.0. The van der Waals surface area contributed by atoms with Crippen LogP contribution in [-0.4, -0.2) is 16.5 Å². The van der Waals surface area contributed by atoms with Crippen LogP contribution in [0.1, 0.15) is 21.5 Å². The van der Waals surface area contributed by atoms with Crippen LogP contribution in [0, 0.1) is 0 Å². The van der Waals surface area contributed by atoms with Crippen molar-refractivity contribution in [2.45, 2.75) is 0 Å². The summed E-state index contributed by atoms with van der Waals surface area (Å²) in [6.45, 7) is 0. The van der Waals surface area contributed by atoms with Gasteiger partial charge in [0.2, 0.25) is 0 Å². The zero-order chi connectivity index (χ0) is 19.1. The van der Waals surface area contributed by atoms with Crippen molar-refractivity contribution in [3.05, 3.63) is 107 Å². The fourth-order valence-electron chi connectivity index (χ4n) is 3.59. The first-order chi connectivity index (χ1) is 13.7. The number of para-hydroxylation sites is 1. The van der Waals surface area contributed by atoms with Crippen molar-refractivity contribution in [2.75, 3.05) is 0 Å². The Morgan fingerprint density at radius 1 is 0.821 bits per heavy atom. The quantitative estimate of drug-likeness (QED) is 0.439. The molecular weight excluding hydrogens is 368 g/mol. The Kier molecular flexibility index (Phi) is 3.96. The molecular formula is C24H15ClN2O. The Labute approximate surface area is 167 Å². The van der Waals surface area contributed by atoms with Gasteiger partial charge in [0.15, 0.2) is 5.78 Å². The Morgan fingerprint density at radius 2 is 1.57 bits per heavy atom. The molecule has 0 amide bonds. The molecule has 3 nitrogen and oxygen atoms in total. The summed E-state index contributed by atoms with van der Waals surface area (Å²) in [7, 11) is 0. The van der Waals surface area contributed by atoms with Gasteiger partial charge in [0.25, 0.3) is 0 Å². The lowest BCUT2D eigenvalue weighted by atomic mass is 9.85. The second-order valence-corrected chi connectivity index (χ2v) is 7.09. The lowest BCUT2D eigenvalue weighted by Gasteiger charge is -2.17. The Bertz CT molecular complexity index is 1280. The Hall–Kier alpha value is -3.43. The molecule has 0 aliphatic heterocycles. The van der Waals surface area contributed by atoms with Gasteiger partial charge in [-0.1, -0.05) is 60.1 Å². The number of ketones is 1. The van der Waals surface area contributed by atoms with E-state index < -0.39 is 0 Å². The zero-order valence-corrected chi connectivity index (χ0v) is 15.6. The van der Waals surface area contributed by atoms with Gasteiger partial charge in [0, 0.05) is 44.4 Å². The Balaban J connectivity index is 1.73. The summed E-state index contributed by atoms with van der Waals surface area (Å²) in [5, 5.41) is 1.61. The van der Waals surface area contributed by atoms with Crippen molar-refractivity contribution in [2.24, 2.45) is 4.99 Å². The summed E-state index contributed by atoms with van der Waals surface area (Å²) in [5.41, 5.74) is 5.52. The summed E-state index contributed by atoms with van der Waals surface area (Å²) in [4.78, 5) is 21.3. The molecule has 1 heterocycles. The van der Waals surface area contributed by atoms with Gasteiger partial charge < -0.3 is 4.98 Å². The first kappa shape index (κ1) is 16.7. The number of nitrogens with one attached hydrogen (secondary N) is 1. The molecule has 0 unspecified atom stereocenters. The van der Waals surface area contributed by atoms with Crippen LogP contribution in [-0.2, 0) is 0 Å². The van der Waals surface area contributed by atoms with Crippen molar-refractivity contribution < 1.29 is 4.79 Å². The molecule has 3 aromatic carbocycles. The van der Waals surface area contributed by atoms with Crippen LogP contribution in [0.4, 0.5) is 5.69 Å². The summed E-state index contributed by atoms with van der Waals surface area (Å²) >= 11 is 6.10. The van der Waals surface area contributed by atoms with Gasteiger partial charge in [-0.3, -0.25) is 4.79 Å². The highest BCUT2D eigenvalue weighted by Gasteiger charge is 2.26. The van der Waals surface area contributed by atoms with E-state index in [1.807, 2.05) is 85.1 Å². The number of Topliss-reactive ketones (excluding diaryl/α,β-unsaturated/α-hetero) is 1. The van der Waals surface area contributed by atoms with E-state index in [0.29, 0.717) is 16.2 Å². The number of hydrogen-bond acceptors (Lipinski definition) is 2. The molecule has 0 saturated heterocycles. The van der Waals surface area contributed by atoms with E-state index in [1.54, 1.807) is 0 Å². The third kappa shape index (κ3) is 2.77. The van der Waals surface area contributed by atoms with Crippen LogP contribution in [0.2, 0.25) is 5.02 Å². The largest absolute Gasteiger partial charge is 0.360 e. The maximum Gasteiger partial charge on any atom is 0.194 e. The first-order valence-electron chi connectivity index (χ1n) is 8.97. The predicted molar refractivity (Wildman–Crippen MR) is 115 cm³/mol. The number of aromatic nitrogens is 1. The second kappa shape index (κ2) is 6.63. The van der Waals surface area contributed by atoms with Gasteiger partial charge in [0.05, 0.1) is 11.4 Å². The lowest BCUT2D eigenvalue weighted by Crippen LogP contribution is -2.16. The summed E-state index contributed by atoms with van der Waals surface area (Å²) in [6, 6.07) is 23.0. The van der Waals surface area contributed by atoms with Gasteiger partial charge in [0.1, 0.15) is 0 Å². The molecule has 1 aliphatic rings. The van der Waals surface area contributed by atoms with E-state index in [4.69, 9.17) is 16.6 Å². The van der Waals surface area contributed by atoms with Crippen molar-refractivity contribution in [1.29, 1.82) is 0 Å². The molecule has 0 saturated carbocycles. The number of aliphatic imine (C=N–C) groups is 1. The number of aromatic amines is 1. The molecule has 0 atom stereocenters. The summed E-state index contributed by atoms with van der Waals surface area (Å²) in [6.07, 6.45) is 3.74. The van der Waals surface area contributed by atoms with Crippen LogP contribution in [0.5, 0.6) is 0 Å². The van der Waals surface area contributed by atoms with Gasteiger partial charge in [-0.15, -0.1) is 0 Å². The maximum absolute atomic E-state index is 13.3. The van der Waals surface area contributed by atoms with Crippen LogP contribution in [0.3, 0.4) is 0 Å². The van der Waals surface area contributed by atoms with E-state index in [-0.39, 0.29) is 5.78 Å². The Morgan fingerprint density at radius 3 is 2.39 bits per heavy atom. The van der Waals surface area contributed by atoms with Gasteiger partial charge in [-0.25, -0.2) is 4.99 Å². The number of hydrogen-bond donors (Lipinski definition) is 1. The van der Waals surface area contributed by atoms with Crippen molar-refractivity contribution in [1.82, 2.24) is 4.98 Å². The molecule has 1 aromatic heterocycles. The van der Waals surface area contributed by atoms with E-state index in [9.17, 15) is 4.79 Å². The molecule has 0 fully saturated rings. The third-order valence-corrected chi connectivity index (χ3v) is 5.15. The average Bonchev–Trinajstić information content (AvgIpc) is 3.14. The summed E-state index contributed by atoms with van der Waals surface area (Å²) in [5.74, 6) is -0.00142. The van der Waals surface area contributed by atoms with Crippen molar-refractivity contribution in [3.63, 3.8) is 0 Å². The molecule has 0 radical (unpaired) electrons. The molecule has 28 heavy (non-hydrogen) atoms. The minimum atomic E-state index is -0.00142. The zero-order valence-electron chi connectivity index (χ0n) is 14.8. The van der Waals surface area contributed by atoms with E-state index >= 15 is 0 Å². The number of fused-ring (bicyclic) bond motifs is 2. The fraction of sp³-hybridized carbons (Fsp3) is 0. The minimum Gasteiger partial charge on any atom is -0.360 e. The molecule has 134 valence electrons. The lowest BCUT2D eigenvalue weighted by molar-refractivity contribution is 0.105. The number of rotatable bonds is 2. The van der Waals surface area contributed by atoms with Gasteiger partial charge in [-0.05, 0) is 30.3 Å². The molecule has 0 bridgehead atoms. The predicted octanol–water partition coefficient (Wildman–Crippen LogP) is 6.22. The number of carbonyl (C=O) groups is 1. The number of halogens is 1. The second-order valence-electron chi connectivity index (χ2n) is 6.66. The first-order valence-corrected chi connectivity index (χ1v) is 9.35. The monoisotopic (exact) mass is 382 g/mol. The number of nitrogens with zero attached hydrogens (tertiary/aromatic N) is 1. The molecule has 4 aromatic rings. The SMILES string of the molecule is O=C1C(c2c[nH]c3cc(Cl)ccc23)=CC(=Nc2ccccc2)c2ccccc21. The third-order valence-electron chi connectivity index (χ3n) is 4.91. The number of carbonyl (C=O) groups excluding carboxylic acids is 1. The molecule has 1 N–H and O–H groups in total. The van der Waals surface area contributed by atoms with Crippen LogP contribution < -0.4 is 0 Å². The number of H-pyrrole nitrogens is 1. The number of allylic oxidation sites excluding steroid dienone is 2. The summed E-state index contributed by atoms with van der Waals surface area (Å²) < 4.78 is 0. The smallest absolute Gasteiger partial charge is 0.194 e. The molecule has 0 spiro atoms. The molecule has 4 heteroatoms. The van der Waals surface area contributed by atoms with Crippen molar-refractivity contribution in [3.8, 4) is 0 Å². The van der Waals surface area contributed by atoms with E-state index in [0.717, 1.165) is 33.4 Å². The standard InChI is InChI=1S/C24H15ClN2O/c25-15-10-11-18-21(14-26-22(18)12-15)20-13-23(27-16-6-2-1-3-7-16)17-8-4-5-9-19(17)24(20)28/h1-14,26H. The average molecular weight is 383 g/mol. The number of benzene rings is 3. The van der Waals surface area contributed by atoms with E-state index in [2.05, 4.69) is 4.98 Å². The highest BCUT2D eigenvalue weighted by atomic mass is 35.5. The highest BCUT2D eigenvalue weighted by Crippen LogP contribution is 2.33. The fourth-order valence-corrected chi connectivity index (χ4v) is 3.76. The minimum absolute atomic E-state index is 0.00142.